The fourth-order valence-electron chi connectivity index (χ4n) is 2.95. The lowest BCUT2D eigenvalue weighted by Crippen LogP contribution is -2.60. The zero-order valence-electron chi connectivity index (χ0n) is 11.0. The van der Waals surface area contributed by atoms with E-state index in [0.29, 0.717) is 12.6 Å². The van der Waals surface area contributed by atoms with Crippen molar-refractivity contribution in [1.29, 1.82) is 5.26 Å². The molecule has 2 rings (SSSR count). The lowest BCUT2D eigenvalue weighted by Gasteiger charge is -2.46. The summed E-state index contributed by atoms with van der Waals surface area (Å²) in [5, 5.41) is 7.90. The van der Waals surface area contributed by atoms with E-state index >= 15 is 0 Å². The summed E-state index contributed by atoms with van der Waals surface area (Å²) in [5.74, 6) is 0. The minimum absolute atomic E-state index is 0.0276. The molecule has 3 atom stereocenters. The van der Waals surface area contributed by atoms with Gasteiger partial charge in [0.2, 0.25) is 10.0 Å². The second-order valence-electron chi connectivity index (χ2n) is 5.38. The molecular formula is C12H21N3O2S. The molecule has 0 aromatic rings. The van der Waals surface area contributed by atoms with E-state index in [9.17, 15) is 8.42 Å². The molecule has 0 radical (unpaired) electrons. The molecule has 2 heterocycles. The van der Waals surface area contributed by atoms with Gasteiger partial charge in [-0.15, -0.1) is 0 Å². The van der Waals surface area contributed by atoms with Gasteiger partial charge in [0, 0.05) is 25.2 Å². The molecule has 5 nitrogen and oxygen atoms in total. The molecule has 0 spiro atoms. The van der Waals surface area contributed by atoms with Gasteiger partial charge < -0.3 is 0 Å². The molecule has 0 bridgehead atoms. The van der Waals surface area contributed by atoms with Crippen LogP contribution in [0.15, 0.2) is 0 Å². The number of fused-ring (bicyclic) bond motifs is 1. The molecule has 3 unspecified atom stereocenters. The van der Waals surface area contributed by atoms with Crippen molar-refractivity contribution in [1.82, 2.24) is 9.21 Å². The minimum Gasteiger partial charge on any atom is -0.297 e. The topological polar surface area (TPSA) is 64.4 Å². The van der Waals surface area contributed by atoms with E-state index in [0.717, 1.165) is 19.5 Å². The van der Waals surface area contributed by atoms with Crippen LogP contribution in [0.4, 0.5) is 0 Å². The Morgan fingerprint density at radius 3 is 2.72 bits per heavy atom. The van der Waals surface area contributed by atoms with Crippen LogP contribution in [0, 0.1) is 11.3 Å². The predicted octanol–water partition coefficient (Wildman–Crippen LogP) is 0.787. The lowest BCUT2D eigenvalue weighted by atomic mass is 9.99. The predicted molar refractivity (Wildman–Crippen MR) is 69.4 cm³/mol. The number of rotatable bonds is 2. The van der Waals surface area contributed by atoms with E-state index in [1.54, 1.807) is 4.31 Å². The van der Waals surface area contributed by atoms with E-state index in [-0.39, 0.29) is 6.04 Å². The number of nitrogens with zero attached hydrogens (tertiary/aromatic N) is 3. The lowest BCUT2D eigenvalue weighted by molar-refractivity contribution is 0.0562. The van der Waals surface area contributed by atoms with Crippen molar-refractivity contribution >= 4 is 10.0 Å². The highest BCUT2D eigenvalue weighted by atomic mass is 32.2. The van der Waals surface area contributed by atoms with E-state index in [1.807, 2.05) is 13.0 Å². The Balaban J connectivity index is 2.17. The second-order valence-corrected chi connectivity index (χ2v) is 7.59. The normalized spacial score (nSPS) is 32.5. The molecule has 0 aromatic carbocycles. The van der Waals surface area contributed by atoms with Gasteiger partial charge in [0.1, 0.15) is 0 Å². The van der Waals surface area contributed by atoms with Gasteiger partial charge in [0.25, 0.3) is 0 Å². The quantitative estimate of drug-likeness (QED) is 0.745. The summed E-state index contributed by atoms with van der Waals surface area (Å²) in [5.41, 5.74) is 0. The summed E-state index contributed by atoms with van der Waals surface area (Å²) in [6.45, 7) is 5.83. The van der Waals surface area contributed by atoms with Crippen molar-refractivity contribution in [2.75, 3.05) is 19.6 Å². The van der Waals surface area contributed by atoms with Gasteiger partial charge in [-0.3, -0.25) is 4.90 Å². The minimum atomic E-state index is -3.47. The molecule has 2 aliphatic heterocycles. The molecule has 0 saturated carbocycles. The van der Waals surface area contributed by atoms with Gasteiger partial charge in [-0.25, -0.2) is 8.42 Å². The fraction of sp³-hybridized carbons (Fsp3) is 0.917. The molecule has 0 aliphatic carbocycles. The van der Waals surface area contributed by atoms with Crippen LogP contribution in [0.25, 0.3) is 0 Å². The SMILES string of the molecule is CC1CN2CCCCC2CN1S(=O)(=O)C(C)C#N. The van der Waals surface area contributed by atoms with E-state index in [4.69, 9.17) is 5.26 Å². The van der Waals surface area contributed by atoms with Crippen molar-refractivity contribution in [2.24, 2.45) is 0 Å². The Morgan fingerprint density at radius 2 is 2.06 bits per heavy atom. The maximum atomic E-state index is 12.3. The van der Waals surface area contributed by atoms with Crippen LogP contribution in [-0.2, 0) is 10.0 Å². The van der Waals surface area contributed by atoms with Gasteiger partial charge >= 0.3 is 0 Å². The maximum absolute atomic E-state index is 12.3. The van der Waals surface area contributed by atoms with Crippen molar-refractivity contribution in [3.05, 3.63) is 0 Å². The number of sulfonamides is 1. The Kier molecular flexibility index (Phi) is 3.95. The van der Waals surface area contributed by atoms with Crippen LogP contribution < -0.4 is 0 Å². The number of hydrogen-bond acceptors (Lipinski definition) is 4. The van der Waals surface area contributed by atoms with Crippen molar-refractivity contribution < 1.29 is 8.42 Å². The van der Waals surface area contributed by atoms with Crippen LogP contribution in [-0.4, -0.2) is 54.6 Å². The summed E-state index contributed by atoms with van der Waals surface area (Å²) in [6, 6.07) is 2.17. The summed E-state index contributed by atoms with van der Waals surface area (Å²) >= 11 is 0. The monoisotopic (exact) mass is 271 g/mol. The highest BCUT2D eigenvalue weighted by Crippen LogP contribution is 2.26. The maximum Gasteiger partial charge on any atom is 0.230 e. The van der Waals surface area contributed by atoms with Gasteiger partial charge in [-0.05, 0) is 33.2 Å². The number of piperazine rings is 1. The Bertz CT molecular complexity index is 443. The largest absolute Gasteiger partial charge is 0.297 e. The summed E-state index contributed by atoms with van der Waals surface area (Å²) in [4.78, 5) is 2.40. The summed E-state index contributed by atoms with van der Waals surface area (Å²) in [6.07, 6.45) is 3.46. The standard InChI is InChI=1S/C12H21N3O2S/c1-10-8-14-6-4-3-5-12(14)9-15(10)18(16,17)11(2)7-13/h10-12H,3-6,8-9H2,1-2H3. The second kappa shape index (κ2) is 5.16. The molecule has 18 heavy (non-hydrogen) atoms. The number of piperidine rings is 1. The average molecular weight is 271 g/mol. The Labute approximate surface area is 109 Å². The third-order valence-electron chi connectivity index (χ3n) is 4.09. The van der Waals surface area contributed by atoms with Crippen molar-refractivity contribution in [3.8, 4) is 6.07 Å². The first-order chi connectivity index (χ1) is 8.46. The van der Waals surface area contributed by atoms with Crippen LogP contribution >= 0.6 is 0 Å². The van der Waals surface area contributed by atoms with Gasteiger partial charge in [0.05, 0.1) is 6.07 Å². The molecule has 6 heteroatoms. The molecule has 0 amide bonds. The molecule has 2 aliphatic rings. The van der Waals surface area contributed by atoms with Gasteiger partial charge in [0.15, 0.2) is 5.25 Å². The van der Waals surface area contributed by atoms with Gasteiger partial charge in [-0.2, -0.15) is 9.57 Å². The zero-order valence-corrected chi connectivity index (χ0v) is 11.9. The van der Waals surface area contributed by atoms with Crippen molar-refractivity contribution in [2.45, 2.75) is 50.4 Å². The number of hydrogen-bond donors (Lipinski definition) is 0. The van der Waals surface area contributed by atoms with Crippen molar-refractivity contribution in [3.63, 3.8) is 0 Å². The van der Waals surface area contributed by atoms with E-state index in [2.05, 4.69) is 4.90 Å². The molecule has 0 aromatic heterocycles. The van der Waals surface area contributed by atoms with Crippen LogP contribution in [0.2, 0.25) is 0 Å². The Morgan fingerprint density at radius 1 is 1.33 bits per heavy atom. The number of nitriles is 1. The molecular weight excluding hydrogens is 250 g/mol. The van der Waals surface area contributed by atoms with E-state index < -0.39 is 15.3 Å². The summed E-state index contributed by atoms with van der Waals surface area (Å²) in [7, 11) is -3.47. The highest BCUT2D eigenvalue weighted by molar-refractivity contribution is 7.90. The molecule has 2 saturated heterocycles. The van der Waals surface area contributed by atoms with Crippen LogP contribution in [0.1, 0.15) is 33.1 Å². The van der Waals surface area contributed by atoms with Crippen LogP contribution in [0.3, 0.4) is 0 Å². The van der Waals surface area contributed by atoms with E-state index in [1.165, 1.54) is 19.8 Å². The highest BCUT2D eigenvalue weighted by Gasteiger charge is 2.40. The molecule has 102 valence electrons. The fourth-order valence-corrected chi connectivity index (χ4v) is 4.44. The first-order valence-corrected chi connectivity index (χ1v) is 8.11. The molecule has 2 fully saturated rings. The third kappa shape index (κ3) is 2.40. The van der Waals surface area contributed by atoms with Crippen LogP contribution in [0.5, 0.6) is 0 Å². The first-order valence-electron chi connectivity index (χ1n) is 6.61. The van der Waals surface area contributed by atoms with Gasteiger partial charge in [-0.1, -0.05) is 6.42 Å². The third-order valence-corrected chi connectivity index (χ3v) is 6.25. The first kappa shape index (κ1) is 13.8. The average Bonchev–Trinajstić information content (AvgIpc) is 2.36. The smallest absolute Gasteiger partial charge is 0.230 e. The zero-order chi connectivity index (χ0) is 13.3. The Hall–Kier alpha value is -0.640. The summed E-state index contributed by atoms with van der Waals surface area (Å²) < 4.78 is 26.1. The molecule has 0 N–H and O–H groups in total.